The third kappa shape index (κ3) is 4.20. The summed E-state index contributed by atoms with van der Waals surface area (Å²) in [6.45, 7) is 3.08. The van der Waals surface area contributed by atoms with Gasteiger partial charge in [0, 0.05) is 18.8 Å². The molecular weight excluding hydrogens is 384 g/mol. The Morgan fingerprint density at radius 2 is 1.87 bits per heavy atom. The van der Waals surface area contributed by atoms with Gasteiger partial charge < -0.3 is 19.4 Å². The number of anilines is 1. The molecule has 0 bridgehead atoms. The lowest BCUT2D eigenvalue weighted by Crippen LogP contribution is -2.30. The van der Waals surface area contributed by atoms with Crippen LogP contribution in [-0.4, -0.2) is 57.6 Å². The van der Waals surface area contributed by atoms with Crippen LogP contribution in [0.25, 0.3) is 11.0 Å². The summed E-state index contributed by atoms with van der Waals surface area (Å²) in [4.78, 5) is 28.0. The van der Waals surface area contributed by atoms with Crippen LogP contribution in [0.1, 0.15) is 35.6 Å². The van der Waals surface area contributed by atoms with Crippen LogP contribution < -0.4 is 14.8 Å². The maximum Gasteiger partial charge on any atom is 0.320 e. The Balaban J connectivity index is 1.54. The average molecular weight is 410 g/mol. The lowest BCUT2D eigenvalue weighted by atomic mass is 10.1. The van der Waals surface area contributed by atoms with Crippen LogP contribution in [0.3, 0.4) is 0 Å². The second-order valence-corrected chi connectivity index (χ2v) is 7.36. The number of fused-ring (bicyclic) bond motifs is 1. The average Bonchev–Trinajstić information content (AvgIpc) is 3.08. The summed E-state index contributed by atoms with van der Waals surface area (Å²) >= 11 is 0. The highest BCUT2D eigenvalue weighted by atomic mass is 16.5. The highest BCUT2D eigenvalue weighted by Crippen LogP contribution is 2.22. The molecule has 1 aliphatic heterocycles. The zero-order valence-corrected chi connectivity index (χ0v) is 17.5. The van der Waals surface area contributed by atoms with Gasteiger partial charge in [0.2, 0.25) is 5.88 Å². The first kappa shape index (κ1) is 20.1. The fourth-order valence-corrected chi connectivity index (χ4v) is 3.70. The van der Waals surface area contributed by atoms with Crippen LogP contribution in [0.4, 0.5) is 5.69 Å². The predicted octanol–water partition coefficient (Wildman–Crippen LogP) is 2.62. The Labute approximate surface area is 175 Å². The molecule has 0 unspecified atom stereocenters. The Morgan fingerprint density at radius 1 is 1.07 bits per heavy atom. The van der Waals surface area contributed by atoms with E-state index in [1.165, 1.54) is 39.5 Å². The molecule has 0 saturated carbocycles. The monoisotopic (exact) mass is 410 g/mol. The Morgan fingerprint density at radius 3 is 2.60 bits per heavy atom. The zero-order valence-electron chi connectivity index (χ0n) is 17.5. The van der Waals surface area contributed by atoms with Crippen molar-refractivity contribution in [1.82, 2.24) is 24.4 Å². The van der Waals surface area contributed by atoms with E-state index in [0.29, 0.717) is 5.69 Å². The number of piperidine rings is 1. The molecule has 0 radical (unpaired) electrons. The third-order valence-corrected chi connectivity index (χ3v) is 5.35. The van der Waals surface area contributed by atoms with Gasteiger partial charge in [-0.25, -0.2) is 4.98 Å². The summed E-state index contributed by atoms with van der Waals surface area (Å²) in [5, 5.41) is 2.86. The minimum absolute atomic E-state index is 0.0713. The van der Waals surface area contributed by atoms with Gasteiger partial charge >= 0.3 is 6.01 Å². The molecule has 9 nitrogen and oxygen atoms in total. The Bertz CT molecular complexity index is 1040. The van der Waals surface area contributed by atoms with Crippen molar-refractivity contribution in [2.24, 2.45) is 7.05 Å². The van der Waals surface area contributed by atoms with E-state index in [1.807, 2.05) is 25.2 Å². The second-order valence-electron chi connectivity index (χ2n) is 7.36. The van der Waals surface area contributed by atoms with Crippen LogP contribution in [0.5, 0.6) is 11.9 Å². The van der Waals surface area contributed by atoms with E-state index in [1.54, 1.807) is 0 Å². The van der Waals surface area contributed by atoms with E-state index in [4.69, 9.17) is 14.5 Å². The number of rotatable bonds is 6. The van der Waals surface area contributed by atoms with Crippen LogP contribution in [-0.2, 0) is 13.6 Å². The number of hydrogen-bond acceptors (Lipinski definition) is 7. The summed E-state index contributed by atoms with van der Waals surface area (Å²) in [6.07, 6.45) is 3.81. The van der Waals surface area contributed by atoms with Gasteiger partial charge in [-0.15, -0.1) is 0 Å². The quantitative estimate of drug-likeness (QED) is 0.667. The molecule has 9 heteroatoms. The van der Waals surface area contributed by atoms with E-state index < -0.39 is 0 Å². The normalized spacial score (nSPS) is 14.6. The van der Waals surface area contributed by atoms with Crippen molar-refractivity contribution < 1.29 is 14.3 Å². The number of aryl methyl sites for hydroxylation is 1. The zero-order chi connectivity index (χ0) is 21.1. The smallest absolute Gasteiger partial charge is 0.320 e. The number of carbonyl (C=O) groups is 1. The van der Waals surface area contributed by atoms with Crippen LogP contribution in [0.15, 0.2) is 24.3 Å². The maximum absolute atomic E-state index is 12.7. The minimum Gasteiger partial charge on any atom is -0.481 e. The number of carbonyl (C=O) groups excluding carboxylic acids is 1. The van der Waals surface area contributed by atoms with Crippen LogP contribution in [0, 0.1) is 0 Å². The SMILES string of the molecule is COc1cc(C(=O)Nc2ccc3c(c2)nc(CN2CCCCC2)n3C)nc(OC)n1. The van der Waals surface area contributed by atoms with Crippen molar-refractivity contribution in [2.45, 2.75) is 25.8 Å². The van der Waals surface area contributed by atoms with Crippen molar-refractivity contribution >= 4 is 22.6 Å². The summed E-state index contributed by atoms with van der Waals surface area (Å²) in [5.41, 5.74) is 2.68. The molecular formula is C21H26N6O3. The van der Waals surface area contributed by atoms with Crippen molar-refractivity contribution in [3.05, 3.63) is 35.8 Å². The summed E-state index contributed by atoms with van der Waals surface area (Å²) in [6, 6.07) is 7.25. The minimum atomic E-state index is -0.377. The molecule has 1 N–H and O–H groups in total. The molecule has 0 spiro atoms. The number of imidazole rings is 1. The number of methoxy groups -OCH3 is 2. The number of benzene rings is 1. The fraction of sp³-hybridized carbons (Fsp3) is 0.429. The van der Waals surface area contributed by atoms with Gasteiger partial charge in [0.15, 0.2) is 0 Å². The molecule has 1 aliphatic rings. The molecule has 1 saturated heterocycles. The van der Waals surface area contributed by atoms with E-state index in [0.717, 1.165) is 36.5 Å². The number of nitrogens with zero attached hydrogens (tertiary/aromatic N) is 5. The van der Waals surface area contributed by atoms with E-state index in [-0.39, 0.29) is 23.5 Å². The van der Waals surface area contributed by atoms with Crippen molar-refractivity contribution in [2.75, 3.05) is 32.6 Å². The number of aromatic nitrogens is 4. The van der Waals surface area contributed by atoms with Gasteiger partial charge in [0.25, 0.3) is 5.91 Å². The number of nitrogens with one attached hydrogen (secondary N) is 1. The molecule has 4 rings (SSSR count). The lowest BCUT2D eigenvalue weighted by molar-refractivity contribution is 0.102. The van der Waals surface area contributed by atoms with Gasteiger partial charge in [0.1, 0.15) is 11.5 Å². The van der Waals surface area contributed by atoms with E-state index in [2.05, 4.69) is 24.8 Å². The molecule has 0 aliphatic carbocycles. The number of hydrogen-bond donors (Lipinski definition) is 1. The summed E-state index contributed by atoms with van der Waals surface area (Å²) < 4.78 is 12.3. The molecule has 3 heterocycles. The molecule has 158 valence electrons. The molecule has 2 aromatic heterocycles. The van der Waals surface area contributed by atoms with Gasteiger partial charge in [-0.1, -0.05) is 6.42 Å². The Hall–Kier alpha value is -3.20. The van der Waals surface area contributed by atoms with Crippen molar-refractivity contribution in [3.8, 4) is 11.9 Å². The second kappa shape index (κ2) is 8.66. The predicted molar refractivity (Wildman–Crippen MR) is 113 cm³/mol. The number of ether oxygens (including phenoxy) is 2. The molecule has 0 atom stereocenters. The molecule has 3 aromatic rings. The summed E-state index contributed by atoms with van der Waals surface area (Å²) in [5.74, 6) is 0.910. The molecule has 1 fully saturated rings. The van der Waals surface area contributed by atoms with Gasteiger partial charge in [0.05, 0.1) is 31.8 Å². The van der Waals surface area contributed by atoms with Crippen LogP contribution >= 0.6 is 0 Å². The first-order valence-electron chi connectivity index (χ1n) is 10.0. The summed E-state index contributed by atoms with van der Waals surface area (Å²) in [7, 11) is 4.94. The van der Waals surface area contributed by atoms with Gasteiger partial charge in [-0.3, -0.25) is 9.69 Å². The highest BCUT2D eigenvalue weighted by Gasteiger charge is 2.17. The Kier molecular flexibility index (Phi) is 5.80. The largest absolute Gasteiger partial charge is 0.481 e. The maximum atomic E-state index is 12.7. The van der Waals surface area contributed by atoms with Gasteiger partial charge in [-0.05, 0) is 44.1 Å². The number of amides is 1. The standard InChI is InChI=1S/C21H26N6O3/c1-26-17-8-7-14(11-15(17)23-18(26)13-27-9-5-4-6-10-27)22-20(28)16-12-19(29-2)25-21(24-16)30-3/h7-8,11-12H,4-6,9-10,13H2,1-3H3,(H,22,28). The van der Waals surface area contributed by atoms with Crippen LogP contribution in [0.2, 0.25) is 0 Å². The lowest BCUT2D eigenvalue weighted by Gasteiger charge is -2.25. The molecule has 1 aromatic carbocycles. The third-order valence-electron chi connectivity index (χ3n) is 5.35. The van der Waals surface area contributed by atoms with Gasteiger partial charge in [-0.2, -0.15) is 9.97 Å². The molecule has 1 amide bonds. The highest BCUT2D eigenvalue weighted by molar-refractivity contribution is 6.03. The molecule has 30 heavy (non-hydrogen) atoms. The van der Waals surface area contributed by atoms with Crippen molar-refractivity contribution in [1.29, 1.82) is 0 Å². The fourth-order valence-electron chi connectivity index (χ4n) is 3.70. The number of likely N-dealkylation sites (tertiary alicyclic amines) is 1. The first-order chi connectivity index (χ1) is 14.6. The van der Waals surface area contributed by atoms with E-state index in [9.17, 15) is 4.79 Å². The van der Waals surface area contributed by atoms with Crippen molar-refractivity contribution in [3.63, 3.8) is 0 Å². The first-order valence-corrected chi connectivity index (χ1v) is 10.0. The topological polar surface area (TPSA) is 94.4 Å². The van der Waals surface area contributed by atoms with E-state index >= 15 is 0 Å².